The van der Waals surface area contributed by atoms with Crippen molar-refractivity contribution in [2.75, 3.05) is 6.61 Å². The summed E-state index contributed by atoms with van der Waals surface area (Å²) in [6, 6.07) is 0. The third-order valence-corrected chi connectivity index (χ3v) is 4.00. The molecule has 14 heavy (non-hydrogen) atoms. The second-order valence-electron chi connectivity index (χ2n) is 5.23. The first-order chi connectivity index (χ1) is 6.67. The molecule has 0 spiro atoms. The van der Waals surface area contributed by atoms with Gasteiger partial charge in [0.1, 0.15) is 0 Å². The molecule has 2 bridgehead atoms. The maximum absolute atomic E-state index is 5.77. The number of fused-ring (bicyclic) bond motifs is 4. The zero-order valence-corrected chi connectivity index (χ0v) is 8.86. The van der Waals surface area contributed by atoms with E-state index in [0.717, 1.165) is 5.92 Å². The van der Waals surface area contributed by atoms with Crippen molar-refractivity contribution in [2.24, 2.45) is 11.8 Å². The Morgan fingerprint density at radius 3 is 3.00 bits per heavy atom. The molecule has 0 unspecified atom stereocenters. The Morgan fingerprint density at radius 2 is 2.14 bits per heavy atom. The molecule has 3 aliphatic rings. The van der Waals surface area contributed by atoms with Gasteiger partial charge in [-0.2, -0.15) is 0 Å². The predicted octanol–water partition coefficient (Wildman–Crippen LogP) is 1.91. The van der Waals surface area contributed by atoms with Gasteiger partial charge in [-0.25, -0.2) is 0 Å². The van der Waals surface area contributed by atoms with E-state index >= 15 is 0 Å². The summed E-state index contributed by atoms with van der Waals surface area (Å²) in [7, 11) is 0. The molecule has 3 heteroatoms. The van der Waals surface area contributed by atoms with Crippen LogP contribution in [0.5, 0.6) is 0 Å². The fourth-order valence-corrected chi connectivity index (χ4v) is 3.10. The molecule has 1 saturated carbocycles. The fourth-order valence-electron chi connectivity index (χ4n) is 3.10. The summed E-state index contributed by atoms with van der Waals surface area (Å²) in [5, 5.41) is 0. The minimum atomic E-state index is -0.383. The van der Waals surface area contributed by atoms with Crippen LogP contribution in [0.3, 0.4) is 0 Å². The van der Waals surface area contributed by atoms with Crippen LogP contribution in [0.25, 0.3) is 0 Å². The van der Waals surface area contributed by atoms with Crippen LogP contribution in [0.15, 0.2) is 0 Å². The number of ether oxygens (including phenoxy) is 3. The van der Waals surface area contributed by atoms with Gasteiger partial charge in [-0.1, -0.05) is 13.3 Å². The highest BCUT2D eigenvalue weighted by molar-refractivity contribution is 4.97. The molecule has 2 aliphatic heterocycles. The molecule has 0 N–H and O–H groups in total. The normalized spacial score (nSPS) is 57.0. The predicted molar refractivity (Wildman–Crippen MR) is 50.6 cm³/mol. The highest BCUT2D eigenvalue weighted by Crippen LogP contribution is 2.46. The Kier molecular flexibility index (Phi) is 1.92. The summed E-state index contributed by atoms with van der Waals surface area (Å²) < 4.78 is 17.0. The molecular weight excluding hydrogens is 180 g/mol. The van der Waals surface area contributed by atoms with E-state index in [4.69, 9.17) is 14.2 Å². The highest BCUT2D eigenvalue weighted by Gasteiger charge is 2.54. The van der Waals surface area contributed by atoms with E-state index in [9.17, 15) is 0 Å². The van der Waals surface area contributed by atoms with Crippen LogP contribution >= 0.6 is 0 Å². The van der Waals surface area contributed by atoms with Crippen molar-refractivity contribution in [3.8, 4) is 0 Å². The van der Waals surface area contributed by atoms with E-state index in [1.807, 2.05) is 0 Å². The third-order valence-electron chi connectivity index (χ3n) is 4.00. The first kappa shape index (κ1) is 9.13. The van der Waals surface area contributed by atoms with Gasteiger partial charge in [0.05, 0.1) is 18.3 Å². The van der Waals surface area contributed by atoms with Crippen molar-refractivity contribution in [1.82, 2.24) is 0 Å². The average molecular weight is 198 g/mol. The summed E-state index contributed by atoms with van der Waals surface area (Å²) in [5.41, 5.74) is -0.0757. The quantitative estimate of drug-likeness (QED) is 0.595. The molecule has 2 heterocycles. The fraction of sp³-hybridized carbons (Fsp3) is 1.00. The third kappa shape index (κ3) is 1.23. The van der Waals surface area contributed by atoms with Crippen LogP contribution in [-0.2, 0) is 14.2 Å². The smallest absolute Gasteiger partial charge is 0.272 e. The zero-order chi connectivity index (χ0) is 9.76. The standard InChI is InChI=1S/C11H18O3/c1-7-3-4-8-9(5-7)13-10-12-6-11(8,2)14-10/h7-10H,3-6H2,1-2H3/t7-,8-,9-,10+,11-/m1/s1. The van der Waals surface area contributed by atoms with Crippen LogP contribution in [0, 0.1) is 11.8 Å². The summed E-state index contributed by atoms with van der Waals surface area (Å²) in [5.74, 6) is 1.33. The molecule has 0 radical (unpaired) electrons. The maximum Gasteiger partial charge on any atom is 0.272 e. The monoisotopic (exact) mass is 198 g/mol. The topological polar surface area (TPSA) is 27.7 Å². The second-order valence-corrected chi connectivity index (χ2v) is 5.23. The summed E-state index contributed by atoms with van der Waals surface area (Å²) in [4.78, 5) is 0. The van der Waals surface area contributed by atoms with E-state index in [1.165, 1.54) is 19.3 Å². The van der Waals surface area contributed by atoms with Gasteiger partial charge in [-0.3, -0.25) is 0 Å². The summed E-state index contributed by atoms with van der Waals surface area (Å²) in [6.45, 7) is 4.79. The van der Waals surface area contributed by atoms with Crippen molar-refractivity contribution in [2.45, 2.75) is 51.3 Å². The van der Waals surface area contributed by atoms with Gasteiger partial charge < -0.3 is 14.2 Å². The summed E-state index contributed by atoms with van der Waals surface area (Å²) in [6.07, 6.45) is 4.06. The van der Waals surface area contributed by atoms with E-state index in [0.29, 0.717) is 18.6 Å². The molecule has 3 fully saturated rings. The van der Waals surface area contributed by atoms with E-state index in [2.05, 4.69) is 13.8 Å². The molecule has 5 atom stereocenters. The van der Waals surface area contributed by atoms with Crippen LogP contribution in [-0.4, -0.2) is 24.8 Å². The Labute approximate surface area is 84.7 Å². The molecule has 3 rings (SSSR count). The molecule has 80 valence electrons. The van der Waals surface area contributed by atoms with E-state index in [-0.39, 0.29) is 12.1 Å². The highest BCUT2D eigenvalue weighted by atomic mass is 16.9. The van der Waals surface area contributed by atoms with E-state index < -0.39 is 0 Å². The number of hydrogen-bond donors (Lipinski definition) is 0. The molecule has 1 aliphatic carbocycles. The van der Waals surface area contributed by atoms with Crippen LogP contribution in [0.2, 0.25) is 0 Å². The Balaban J connectivity index is 1.84. The first-order valence-electron chi connectivity index (χ1n) is 5.62. The van der Waals surface area contributed by atoms with Gasteiger partial charge in [0.25, 0.3) is 6.48 Å². The van der Waals surface area contributed by atoms with Crippen LogP contribution < -0.4 is 0 Å². The first-order valence-corrected chi connectivity index (χ1v) is 5.62. The van der Waals surface area contributed by atoms with Crippen LogP contribution in [0.4, 0.5) is 0 Å². The lowest BCUT2D eigenvalue weighted by molar-refractivity contribution is -0.326. The maximum atomic E-state index is 5.77. The van der Waals surface area contributed by atoms with Gasteiger partial charge in [-0.05, 0) is 25.7 Å². The lowest BCUT2D eigenvalue weighted by Crippen LogP contribution is -2.52. The van der Waals surface area contributed by atoms with Crippen molar-refractivity contribution in [3.05, 3.63) is 0 Å². The largest absolute Gasteiger partial charge is 0.327 e. The number of hydrogen-bond acceptors (Lipinski definition) is 3. The minimum Gasteiger partial charge on any atom is -0.327 e. The van der Waals surface area contributed by atoms with E-state index in [1.54, 1.807) is 0 Å². The van der Waals surface area contributed by atoms with Gasteiger partial charge >= 0.3 is 0 Å². The van der Waals surface area contributed by atoms with Crippen molar-refractivity contribution in [3.63, 3.8) is 0 Å². The lowest BCUT2D eigenvalue weighted by atomic mass is 9.72. The minimum absolute atomic E-state index is 0.0757. The molecule has 0 amide bonds. The summed E-state index contributed by atoms with van der Waals surface area (Å²) >= 11 is 0. The Hall–Kier alpha value is -0.120. The number of rotatable bonds is 0. The Bertz CT molecular complexity index is 243. The lowest BCUT2D eigenvalue weighted by Gasteiger charge is -2.45. The SMILES string of the molecule is C[C@@H]1CC[C@@H]2[C@@H](C1)O[C@@H]1OC[C@@]2(C)O1. The molecular formula is C11H18O3. The Morgan fingerprint density at radius 1 is 1.29 bits per heavy atom. The van der Waals surface area contributed by atoms with Gasteiger partial charge in [0, 0.05) is 5.92 Å². The molecule has 0 aromatic heterocycles. The molecule has 0 aromatic rings. The molecule has 0 aromatic carbocycles. The van der Waals surface area contributed by atoms with Crippen LogP contribution in [0.1, 0.15) is 33.1 Å². The average Bonchev–Trinajstić information content (AvgIpc) is 2.43. The molecule has 3 nitrogen and oxygen atoms in total. The zero-order valence-electron chi connectivity index (χ0n) is 8.86. The van der Waals surface area contributed by atoms with Gasteiger partial charge in [0.2, 0.25) is 0 Å². The van der Waals surface area contributed by atoms with Crippen molar-refractivity contribution < 1.29 is 14.2 Å². The second kappa shape index (κ2) is 2.94. The molecule has 2 saturated heterocycles. The van der Waals surface area contributed by atoms with Gasteiger partial charge in [-0.15, -0.1) is 0 Å². The van der Waals surface area contributed by atoms with Gasteiger partial charge in [0.15, 0.2) is 0 Å². The van der Waals surface area contributed by atoms with Crippen molar-refractivity contribution >= 4 is 0 Å². The van der Waals surface area contributed by atoms with Crippen molar-refractivity contribution in [1.29, 1.82) is 0 Å².